The van der Waals surface area contributed by atoms with Crippen molar-refractivity contribution >= 4 is 11.9 Å². The molecule has 2 aromatic rings. The molecule has 2 aromatic carbocycles. The summed E-state index contributed by atoms with van der Waals surface area (Å²) < 4.78 is 12.9. The Bertz CT molecular complexity index is 757. The van der Waals surface area contributed by atoms with Gasteiger partial charge in [0.2, 0.25) is 5.91 Å². The number of amides is 1. The number of hydrogen-bond acceptors (Lipinski definition) is 2. The molecule has 0 saturated carbocycles. The zero-order valence-corrected chi connectivity index (χ0v) is 13.1. The first-order valence-electron chi connectivity index (χ1n) is 7.87. The quantitative estimate of drug-likeness (QED) is 0.939. The van der Waals surface area contributed by atoms with Gasteiger partial charge >= 0.3 is 5.97 Å². The molecule has 0 radical (unpaired) electrons. The number of carbonyl (C=O) groups is 2. The fraction of sp³-hybridized carbons (Fsp3) is 0.263. The fourth-order valence-corrected chi connectivity index (χ4v) is 3.07. The average molecular weight is 327 g/mol. The standard InChI is InChI=1S/C19H18FNO3/c20-15-8-5-13(6-9-15)7-10-18(22)21-11-14-3-1-2-4-16(14)17(12-21)19(23)24/h1-6,8-9,17H,7,10-12H2,(H,23,24). The van der Waals surface area contributed by atoms with Gasteiger partial charge in [-0.1, -0.05) is 36.4 Å². The summed E-state index contributed by atoms with van der Waals surface area (Å²) in [6, 6.07) is 13.4. The average Bonchev–Trinajstić information content (AvgIpc) is 2.59. The van der Waals surface area contributed by atoms with Crippen LogP contribution in [0.2, 0.25) is 0 Å². The van der Waals surface area contributed by atoms with Crippen LogP contribution in [0.1, 0.15) is 29.0 Å². The normalized spacial score (nSPS) is 16.5. The van der Waals surface area contributed by atoms with Crippen molar-refractivity contribution in [2.24, 2.45) is 0 Å². The Kier molecular flexibility index (Phi) is 4.60. The van der Waals surface area contributed by atoms with Crippen molar-refractivity contribution in [3.8, 4) is 0 Å². The van der Waals surface area contributed by atoms with E-state index in [4.69, 9.17) is 0 Å². The Morgan fingerprint density at radius 3 is 2.54 bits per heavy atom. The first kappa shape index (κ1) is 16.2. The Morgan fingerprint density at radius 1 is 1.12 bits per heavy atom. The van der Waals surface area contributed by atoms with E-state index < -0.39 is 11.9 Å². The van der Waals surface area contributed by atoms with E-state index in [-0.39, 0.29) is 24.7 Å². The van der Waals surface area contributed by atoms with Gasteiger partial charge in [-0.2, -0.15) is 0 Å². The van der Waals surface area contributed by atoms with E-state index in [0.717, 1.165) is 16.7 Å². The lowest BCUT2D eigenvalue weighted by molar-refractivity contribution is -0.141. The van der Waals surface area contributed by atoms with Crippen LogP contribution in [0.5, 0.6) is 0 Å². The van der Waals surface area contributed by atoms with Crippen LogP contribution in [0.25, 0.3) is 0 Å². The van der Waals surface area contributed by atoms with E-state index in [1.165, 1.54) is 12.1 Å². The van der Waals surface area contributed by atoms with E-state index in [2.05, 4.69) is 0 Å². The third-order valence-corrected chi connectivity index (χ3v) is 4.39. The number of hydrogen-bond donors (Lipinski definition) is 1. The van der Waals surface area contributed by atoms with Gasteiger partial charge < -0.3 is 10.0 Å². The first-order chi connectivity index (χ1) is 11.5. The number of carboxylic acid groups (broad SMARTS) is 1. The van der Waals surface area contributed by atoms with Gasteiger partial charge in [-0.15, -0.1) is 0 Å². The van der Waals surface area contributed by atoms with Crippen molar-refractivity contribution < 1.29 is 19.1 Å². The number of aryl methyl sites for hydroxylation is 1. The molecule has 5 heteroatoms. The number of fused-ring (bicyclic) bond motifs is 1. The van der Waals surface area contributed by atoms with E-state index in [1.54, 1.807) is 17.0 Å². The summed E-state index contributed by atoms with van der Waals surface area (Å²) in [5.74, 6) is -2.00. The molecule has 1 unspecified atom stereocenters. The molecule has 0 saturated heterocycles. The first-order valence-corrected chi connectivity index (χ1v) is 7.87. The van der Waals surface area contributed by atoms with E-state index in [9.17, 15) is 19.1 Å². The molecule has 1 aliphatic heterocycles. The second kappa shape index (κ2) is 6.83. The zero-order chi connectivity index (χ0) is 17.1. The largest absolute Gasteiger partial charge is 0.481 e. The molecule has 1 aliphatic rings. The van der Waals surface area contributed by atoms with Gasteiger partial charge in [-0.05, 0) is 35.2 Å². The van der Waals surface area contributed by atoms with Crippen molar-refractivity contribution in [2.75, 3.05) is 6.54 Å². The molecule has 4 nitrogen and oxygen atoms in total. The van der Waals surface area contributed by atoms with E-state index in [1.807, 2.05) is 24.3 Å². The Morgan fingerprint density at radius 2 is 1.83 bits per heavy atom. The maximum absolute atomic E-state index is 12.9. The fourth-order valence-electron chi connectivity index (χ4n) is 3.07. The zero-order valence-electron chi connectivity index (χ0n) is 13.1. The summed E-state index contributed by atoms with van der Waals surface area (Å²) in [6.45, 7) is 0.622. The van der Waals surface area contributed by atoms with Crippen molar-refractivity contribution in [3.05, 3.63) is 71.0 Å². The summed E-state index contributed by atoms with van der Waals surface area (Å²) in [5.41, 5.74) is 2.55. The van der Waals surface area contributed by atoms with Gasteiger partial charge in [0, 0.05) is 19.5 Å². The third kappa shape index (κ3) is 3.45. The van der Waals surface area contributed by atoms with Crippen LogP contribution in [0.4, 0.5) is 4.39 Å². The van der Waals surface area contributed by atoms with Gasteiger partial charge in [-0.25, -0.2) is 4.39 Å². The predicted octanol–water partition coefficient (Wildman–Crippen LogP) is 2.97. The van der Waals surface area contributed by atoms with Gasteiger partial charge in [-0.3, -0.25) is 9.59 Å². The lowest BCUT2D eigenvalue weighted by Crippen LogP contribution is -2.40. The number of aliphatic carboxylic acids is 1. The second-order valence-corrected chi connectivity index (χ2v) is 5.99. The van der Waals surface area contributed by atoms with Crippen molar-refractivity contribution in [3.63, 3.8) is 0 Å². The minimum atomic E-state index is -0.918. The van der Waals surface area contributed by atoms with E-state index in [0.29, 0.717) is 13.0 Å². The van der Waals surface area contributed by atoms with Gasteiger partial charge in [0.15, 0.2) is 0 Å². The summed E-state index contributed by atoms with van der Waals surface area (Å²) in [6.07, 6.45) is 0.787. The van der Waals surface area contributed by atoms with Crippen LogP contribution >= 0.6 is 0 Å². The molecular formula is C19H18FNO3. The molecule has 1 amide bonds. The minimum Gasteiger partial charge on any atom is -0.481 e. The minimum absolute atomic E-state index is 0.0833. The number of rotatable bonds is 4. The molecular weight excluding hydrogens is 309 g/mol. The third-order valence-electron chi connectivity index (χ3n) is 4.39. The van der Waals surface area contributed by atoms with Crippen LogP contribution in [0.3, 0.4) is 0 Å². The molecule has 24 heavy (non-hydrogen) atoms. The lowest BCUT2D eigenvalue weighted by atomic mass is 9.89. The highest BCUT2D eigenvalue weighted by Crippen LogP contribution is 2.29. The van der Waals surface area contributed by atoms with Crippen LogP contribution < -0.4 is 0 Å². The second-order valence-electron chi connectivity index (χ2n) is 5.99. The van der Waals surface area contributed by atoms with Crippen LogP contribution in [0, 0.1) is 5.82 Å². The molecule has 0 fully saturated rings. The molecule has 1 heterocycles. The summed E-state index contributed by atoms with van der Waals surface area (Å²) in [7, 11) is 0. The Hall–Kier alpha value is -2.69. The highest BCUT2D eigenvalue weighted by molar-refractivity contribution is 5.81. The number of carbonyl (C=O) groups excluding carboxylic acids is 1. The molecule has 0 aliphatic carbocycles. The molecule has 1 atom stereocenters. The summed E-state index contributed by atoms with van der Waals surface area (Å²) in [5, 5.41) is 9.44. The SMILES string of the molecule is O=C(O)C1CN(C(=O)CCc2ccc(F)cc2)Cc2ccccc21. The molecule has 0 bridgehead atoms. The van der Waals surface area contributed by atoms with Crippen LogP contribution in [0.15, 0.2) is 48.5 Å². The predicted molar refractivity (Wildman–Crippen MR) is 87.0 cm³/mol. The maximum atomic E-state index is 12.9. The number of benzene rings is 2. The van der Waals surface area contributed by atoms with Gasteiger partial charge in [0.05, 0.1) is 5.92 Å². The number of nitrogens with zero attached hydrogens (tertiary/aromatic N) is 1. The monoisotopic (exact) mass is 327 g/mol. The maximum Gasteiger partial charge on any atom is 0.312 e. The molecule has 124 valence electrons. The highest BCUT2D eigenvalue weighted by Gasteiger charge is 2.32. The van der Waals surface area contributed by atoms with Crippen LogP contribution in [-0.4, -0.2) is 28.4 Å². The summed E-state index contributed by atoms with van der Waals surface area (Å²) in [4.78, 5) is 25.6. The molecule has 1 N–H and O–H groups in total. The van der Waals surface area contributed by atoms with Gasteiger partial charge in [0.1, 0.15) is 5.82 Å². The topological polar surface area (TPSA) is 57.6 Å². The molecule has 0 spiro atoms. The van der Waals surface area contributed by atoms with Crippen molar-refractivity contribution in [1.29, 1.82) is 0 Å². The van der Waals surface area contributed by atoms with Gasteiger partial charge in [0.25, 0.3) is 0 Å². The Labute approximate surface area is 139 Å². The lowest BCUT2D eigenvalue weighted by Gasteiger charge is -2.33. The molecule has 3 rings (SSSR count). The van der Waals surface area contributed by atoms with E-state index >= 15 is 0 Å². The highest BCUT2D eigenvalue weighted by atomic mass is 19.1. The summed E-state index contributed by atoms with van der Waals surface area (Å²) >= 11 is 0. The Balaban J connectivity index is 1.69. The number of carboxylic acids is 1. The molecule has 0 aromatic heterocycles. The number of halogens is 1. The van der Waals surface area contributed by atoms with Crippen molar-refractivity contribution in [2.45, 2.75) is 25.3 Å². The smallest absolute Gasteiger partial charge is 0.312 e. The van der Waals surface area contributed by atoms with Crippen molar-refractivity contribution in [1.82, 2.24) is 4.90 Å². The van der Waals surface area contributed by atoms with Crippen LogP contribution in [-0.2, 0) is 22.6 Å².